The second kappa shape index (κ2) is 11.1. The number of amides is 3. The molecule has 1 aliphatic rings. The maximum atomic E-state index is 12.4. The molecule has 3 atom stereocenters. The lowest BCUT2D eigenvalue weighted by molar-refractivity contribution is -0.149. The van der Waals surface area contributed by atoms with Crippen LogP contribution in [0.4, 0.5) is 10.6 Å². The van der Waals surface area contributed by atoms with Gasteiger partial charge in [0.2, 0.25) is 0 Å². The van der Waals surface area contributed by atoms with Crippen molar-refractivity contribution in [1.29, 1.82) is 0 Å². The van der Waals surface area contributed by atoms with E-state index in [1.807, 2.05) is 0 Å². The molecular weight excluding hydrogens is 440 g/mol. The summed E-state index contributed by atoms with van der Waals surface area (Å²) in [7, 11) is 0. The molecule has 0 aromatic carbocycles. The van der Waals surface area contributed by atoms with E-state index in [0.717, 1.165) is 0 Å². The van der Waals surface area contributed by atoms with Crippen molar-refractivity contribution < 1.29 is 28.7 Å². The molecule has 0 saturated heterocycles. The van der Waals surface area contributed by atoms with Crippen LogP contribution in [0.5, 0.6) is 0 Å². The molecule has 0 radical (unpaired) electrons. The smallest absolute Gasteiger partial charge is 0.407 e. The fourth-order valence-electron chi connectivity index (χ4n) is 3.29. The van der Waals surface area contributed by atoms with E-state index in [9.17, 15) is 19.2 Å². The van der Waals surface area contributed by atoms with Gasteiger partial charge in [-0.3, -0.25) is 14.4 Å². The first-order valence-electron chi connectivity index (χ1n) is 10.4. The lowest BCUT2D eigenvalue weighted by Crippen LogP contribution is -2.57. The number of aromatic nitrogens is 1. The predicted molar refractivity (Wildman–Crippen MR) is 117 cm³/mol. The molecular formula is C21H29ClN4O6. The van der Waals surface area contributed by atoms with Gasteiger partial charge in [0, 0.05) is 12.2 Å². The van der Waals surface area contributed by atoms with Crippen LogP contribution in [-0.4, -0.2) is 53.2 Å². The lowest BCUT2D eigenvalue weighted by atomic mass is 9.82. The van der Waals surface area contributed by atoms with Crippen LogP contribution in [0.1, 0.15) is 47.0 Å². The number of carbonyl (C=O) groups excluding carboxylic acids is 4. The van der Waals surface area contributed by atoms with Gasteiger partial charge in [-0.1, -0.05) is 11.6 Å². The number of esters is 1. The molecule has 1 heterocycles. The molecule has 3 N–H and O–H groups in total. The van der Waals surface area contributed by atoms with E-state index in [4.69, 9.17) is 21.1 Å². The fraction of sp³-hybridized carbons (Fsp3) is 0.571. The summed E-state index contributed by atoms with van der Waals surface area (Å²) in [6.07, 6.45) is 1.70. The Morgan fingerprint density at radius 3 is 2.41 bits per heavy atom. The summed E-state index contributed by atoms with van der Waals surface area (Å²) >= 11 is 5.76. The highest BCUT2D eigenvalue weighted by Crippen LogP contribution is 2.26. The van der Waals surface area contributed by atoms with Gasteiger partial charge in [0.05, 0.1) is 23.6 Å². The van der Waals surface area contributed by atoms with E-state index in [2.05, 4.69) is 20.9 Å². The Morgan fingerprint density at radius 2 is 1.81 bits per heavy atom. The van der Waals surface area contributed by atoms with Gasteiger partial charge in [0.15, 0.2) is 0 Å². The third kappa shape index (κ3) is 7.99. The summed E-state index contributed by atoms with van der Waals surface area (Å²) < 4.78 is 10.4. The van der Waals surface area contributed by atoms with Crippen LogP contribution in [-0.2, 0) is 23.9 Å². The number of alkyl carbamates (subject to hydrolysis) is 1. The van der Waals surface area contributed by atoms with Crippen molar-refractivity contribution in [2.24, 2.45) is 5.92 Å². The van der Waals surface area contributed by atoms with Crippen molar-refractivity contribution >= 4 is 41.3 Å². The predicted octanol–water partition coefficient (Wildman–Crippen LogP) is 2.41. The molecule has 1 aromatic heterocycles. The minimum Gasteiger partial charge on any atom is -0.466 e. The molecule has 176 valence electrons. The maximum Gasteiger partial charge on any atom is 0.407 e. The Morgan fingerprint density at radius 1 is 1.09 bits per heavy atom. The molecule has 1 saturated carbocycles. The number of anilines is 1. The van der Waals surface area contributed by atoms with Crippen LogP contribution in [0.15, 0.2) is 18.3 Å². The van der Waals surface area contributed by atoms with Gasteiger partial charge in [-0.05, 0) is 59.1 Å². The molecule has 1 aliphatic carbocycles. The summed E-state index contributed by atoms with van der Waals surface area (Å²) in [5, 5.41) is 8.12. The number of nitrogens with zero attached hydrogens (tertiary/aromatic N) is 1. The van der Waals surface area contributed by atoms with Gasteiger partial charge in [0.1, 0.15) is 11.4 Å². The van der Waals surface area contributed by atoms with Gasteiger partial charge in [-0.2, -0.15) is 0 Å². The van der Waals surface area contributed by atoms with Crippen molar-refractivity contribution in [3.63, 3.8) is 0 Å². The first-order valence-corrected chi connectivity index (χ1v) is 10.8. The molecule has 2 rings (SSSR count). The Kier molecular flexibility index (Phi) is 8.82. The third-order valence-electron chi connectivity index (χ3n) is 4.66. The van der Waals surface area contributed by atoms with E-state index < -0.39 is 41.5 Å². The van der Waals surface area contributed by atoms with Gasteiger partial charge >= 0.3 is 23.9 Å². The second-order valence-corrected chi connectivity index (χ2v) is 8.85. The number of hydrogen-bond acceptors (Lipinski definition) is 7. The molecule has 3 amide bonds. The standard InChI is InChI=1S/C21H29ClN4O6/c1-5-31-19(29)12-6-8-14(15(10-12)25-20(30)32-21(2,3)4)24-17(27)18(28)26-16-9-7-13(22)11-23-16/h7,9,11-12,14-15H,5-6,8,10H2,1-4H3,(H,24,27)(H,25,30)(H,23,26,28)/t12-,14-,15+/m0/s1. The van der Waals surface area contributed by atoms with E-state index in [-0.39, 0.29) is 24.8 Å². The number of carbonyl (C=O) groups is 4. The first kappa shape index (κ1) is 25.4. The van der Waals surface area contributed by atoms with Gasteiger partial charge in [0.25, 0.3) is 0 Å². The van der Waals surface area contributed by atoms with E-state index in [0.29, 0.717) is 17.9 Å². The van der Waals surface area contributed by atoms with Crippen molar-refractivity contribution in [1.82, 2.24) is 15.6 Å². The summed E-state index contributed by atoms with van der Waals surface area (Å²) in [5.41, 5.74) is -0.719. The van der Waals surface area contributed by atoms with Crippen LogP contribution in [0.2, 0.25) is 5.02 Å². The number of pyridine rings is 1. The second-order valence-electron chi connectivity index (χ2n) is 8.41. The first-order chi connectivity index (χ1) is 15.0. The lowest BCUT2D eigenvalue weighted by Gasteiger charge is -2.36. The topological polar surface area (TPSA) is 136 Å². The number of hydrogen-bond donors (Lipinski definition) is 3. The minimum atomic E-state index is -0.914. The molecule has 0 unspecified atom stereocenters. The van der Waals surface area contributed by atoms with Crippen molar-refractivity contribution in [3.8, 4) is 0 Å². The molecule has 0 spiro atoms. The van der Waals surface area contributed by atoms with Crippen LogP contribution >= 0.6 is 11.6 Å². The third-order valence-corrected chi connectivity index (χ3v) is 4.89. The fourth-order valence-corrected chi connectivity index (χ4v) is 3.40. The van der Waals surface area contributed by atoms with Crippen LogP contribution in [0.25, 0.3) is 0 Å². The summed E-state index contributed by atoms with van der Waals surface area (Å²) in [4.78, 5) is 53.1. The molecule has 11 heteroatoms. The quantitative estimate of drug-likeness (QED) is 0.446. The number of ether oxygens (including phenoxy) is 2. The van der Waals surface area contributed by atoms with E-state index >= 15 is 0 Å². The van der Waals surface area contributed by atoms with Gasteiger partial charge in [-0.25, -0.2) is 9.78 Å². The molecule has 1 fully saturated rings. The zero-order valence-electron chi connectivity index (χ0n) is 18.6. The number of nitrogens with one attached hydrogen (secondary N) is 3. The SMILES string of the molecule is CCOC(=O)[C@H]1CC[C@H](NC(=O)C(=O)Nc2ccc(Cl)cn2)[C@H](NC(=O)OC(C)(C)C)C1. The zero-order valence-corrected chi connectivity index (χ0v) is 19.3. The Balaban J connectivity index is 2.05. The van der Waals surface area contributed by atoms with Gasteiger partial charge in [-0.15, -0.1) is 0 Å². The summed E-state index contributed by atoms with van der Waals surface area (Å²) in [5.74, 6) is -2.43. The highest BCUT2D eigenvalue weighted by molar-refractivity contribution is 6.39. The van der Waals surface area contributed by atoms with Crippen molar-refractivity contribution in [2.45, 2.75) is 64.6 Å². The number of halogens is 1. The maximum absolute atomic E-state index is 12.4. The van der Waals surface area contributed by atoms with Crippen LogP contribution in [0.3, 0.4) is 0 Å². The largest absolute Gasteiger partial charge is 0.466 e. The summed E-state index contributed by atoms with van der Waals surface area (Å²) in [6.45, 7) is 7.14. The van der Waals surface area contributed by atoms with Crippen molar-refractivity contribution in [3.05, 3.63) is 23.4 Å². The molecule has 32 heavy (non-hydrogen) atoms. The van der Waals surface area contributed by atoms with Crippen LogP contribution < -0.4 is 16.0 Å². The number of rotatable bonds is 5. The minimum absolute atomic E-state index is 0.170. The van der Waals surface area contributed by atoms with Crippen molar-refractivity contribution in [2.75, 3.05) is 11.9 Å². The molecule has 1 aromatic rings. The summed E-state index contributed by atoms with van der Waals surface area (Å²) in [6, 6.07) is 1.78. The Hall–Kier alpha value is -2.88. The molecule has 0 bridgehead atoms. The Labute approximate surface area is 191 Å². The average Bonchev–Trinajstić information content (AvgIpc) is 2.69. The highest BCUT2D eigenvalue weighted by atomic mass is 35.5. The van der Waals surface area contributed by atoms with Gasteiger partial charge < -0.3 is 25.4 Å². The highest BCUT2D eigenvalue weighted by Gasteiger charge is 2.37. The van der Waals surface area contributed by atoms with Crippen LogP contribution in [0, 0.1) is 5.92 Å². The van der Waals surface area contributed by atoms with E-state index in [1.54, 1.807) is 27.7 Å². The van der Waals surface area contributed by atoms with E-state index in [1.165, 1.54) is 18.3 Å². The molecule has 10 nitrogen and oxygen atoms in total. The Bertz CT molecular complexity index is 840. The molecule has 0 aliphatic heterocycles. The monoisotopic (exact) mass is 468 g/mol. The normalized spacial score (nSPS) is 20.6. The zero-order chi connectivity index (χ0) is 23.9. The average molecular weight is 469 g/mol.